The van der Waals surface area contributed by atoms with Crippen molar-refractivity contribution in [1.29, 1.82) is 0 Å². The lowest BCUT2D eigenvalue weighted by atomic mass is 10.2. The van der Waals surface area contributed by atoms with E-state index in [0.717, 1.165) is 30.0 Å². The second kappa shape index (κ2) is 5.97. The number of para-hydroxylation sites is 2. The van der Waals surface area contributed by atoms with E-state index in [1.54, 1.807) is 6.92 Å². The van der Waals surface area contributed by atoms with Crippen LogP contribution in [0.3, 0.4) is 0 Å². The molecule has 2 aromatic rings. The number of amides is 1. The lowest BCUT2D eigenvalue weighted by molar-refractivity contribution is 0.0987. The van der Waals surface area contributed by atoms with E-state index in [4.69, 9.17) is 9.26 Å². The predicted octanol–water partition coefficient (Wildman–Crippen LogP) is 2.07. The van der Waals surface area contributed by atoms with Crippen LogP contribution in [0.2, 0.25) is 0 Å². The number of rotatable bonds is 3. The van der Waals surface area contributed by atoms with Gasteiger partial charge in [0.15, 0.2) is 0 Å². The normalized spacial score (nSPS) is 15.0. The fourth-order valence-electron chi connectivity index (χ4n) is 2.35. The zero-order chi connectivity index (χ0) is 14.7. The first-order chi connectivity index (χ1) is 10.3. The third-order valence-electron chi connectivity index (χ3n) is 3.46. The number of carbonyl (C=O) groups is 1. The molecule has 1 amide bonds. The van der Waals surface area contributed by atoms with Gasteiger partial charge in [-0.25, -0.2) is 0 Å². The molecule has 0 spiro atoms. The number of ether oxygens (including phenoxy) is 1. The monoisotopic (exact) mass is 287 g/mol. The van der Waals surface area contributed by atoms with Crippen molar-refractivity contribution >= 4 is 17.3 Å². The van der Waals surface area contributed by atoms with Crippen molar-refractivity contribution in [3.63, 3.8) is 0 Å². The van der Waals surface area contributed by atoms with Crippen molar-refractivity contribution in [2.75, 3.05) is 36.5 Å². The van der Waals surface area contributed by atoms with E-state index < -0.39 is 0 Å². The summed E-state index contributed by atoms with van der Waals surface area (Å²) in [6, 6.07) is 7.73. The Morgan fingerprint density at radius 2 is 2.05 bits per heavy atom. The van der Waals surface area contributed by atoms with Gasteiger partial charge < -0.3 is 19.5 Å². The van der Waals surface area contributed by atoms with Crippen LogP contribution in [0, 0.1) is 6.92 Å². The lowest BCUT2D eigenvalue weighted by Crippen LogP contribution is -2.36. The molecule has 1 aliphatic rings. The number of hydrogen-bond donors (Lipinski definition) is 1. The standard InChI is InChI=1S/C15H17N3O3/c1-11-10-16-21-14(11)15(19)17-12-4-2-3-5-13(12)18-6-8-20-9-7-18/h2-5,10H,6-9H2,1H3,(H,17,19). The minimum atomic E-state index is -0.286. The van der Waals surface area contributed by atoms with Crippen LogP contribution >= 0.6 is 0 Å². The van der Waals surface area contributed by atoms with E-state index >= 15 is 0 Å². The largest absolute Gasteiger partial charge is 0.378 e. The molecule has 1 aliphatic heterocycles. The molecule has 0 radical (unpaired) electrons. The first-order valence-corrected chi connectivity index (χ1v) is 6.90. The number of nitrogens with one attached hydrogen (secondary N) is 1. The zero-order valence-corrected chi connectivity index (χ0v) is 11.8. The first kappa shape index (κ1) is 13.6. The zero-order valence-electron chi connectivity index (χ0n) is 11.8. The van der Waals surface area contributed by atoms with E-state index in [0.29, 0.717) is 13.2 Å². The highest BCUT2D eigenvalue weighted by Crippen LogP contribution is 2.27. The maximum Gasteiger partial charge on any atom is 0.294 e. The lowest BCUT2D eigenvalue weighted by Gasteiger charge is -2.30. The van der Waals surface area contributed by atoms with Crippen molar-refractivity contribution in [3.05, 3.63) is 41.8 Å². The van der Waals surface area contributed by atoms with Gasteiger partial charge in [0, 0.05) is 18.7 Å². The number of morpholine rings is 1. The molecule has 0 atom stereocenters. The maximum atomic E-state index is 12.2. The Hall–Kier alpha value is -2.34. The van der Waals surface area contributed by atoms with Gasteiger partial charge in [0.1, 0.15) is 0 Å². The second-order valence-corrected chi connectivity index (χ2v) is 4.91. The Bertz CT molecular complexity index is 633. The van der Waals surface area contributed by atoms with Gasteiger partial charge in [-0.05, 0) is 19.1 Å². The van der Waals surface area contributed by atoms with Crippen LogP contribution in [0.4, 0.5) is 11.4 Å². The highest BCUT2D eigenvalue weighted by atomic mass is 16.5. The number of anilines is 2. The molecule has 0 saturated carbocycles. The summed E-state index contributed by atoms with van der Waals surface area (Å²) in [5.41, 5.74) is 2.47. The summed E-state index contributed by atoms with van der Waals surface area (Å²) in [4.78, 5) is 14.4. The molecule has 21 heavy (non-hydrogen) atoms. The Kier molecular flexibility index (Phi) is 3.87. The Morgan fingerprint density at radius 3 is 2.76 bits per heavy atom. The summed E-state index contributed by atoms with van der Waals surface area (Å²) in [6.45, 7) is 4.81. The van der Waals surface area contributed by atoms with Crippen LogP contribution in [-0.4, -0.2) is 37.4 Å². The molecule has 1 saturated heterocycles. The average molecular weight is 287 g/mol. The van der Waals surface area contributed by atoms with Gasteiger partial charge in [-0.1, -0.05) is 17.3 Å². The number of aromatic nitrogens is 1. The van der Waals surface area contributed by atoms with Crippen molar-refractivity contribution in [1.82, 2.24) is 5.16 Å². The smallest absolute Gasteiger partial charge is 0.294 e. The van der Waals surface area contributed by atoms with Crippen LogP contribution in [0.5, 0.6) is 0 Å². The van der Waals surface area contributed by atoms with E-state index in [-0.39, 0.29) is 11.7 Å². The highest BCUT2D eigenvalue weighted by Gasteiger charge is 2.18. The summed E-state index contributed by atoms with van der Waals surface area (Å²) in [5.74, 6) is -0.0440. The molecule has 1 aromatic heterocycles. The molecule has 0 unspecified atom stereocenters. The fraction of sp³-hybridized carbons (Fsp3) is 0.333. The molecule has 0 aliphatic carbocycles. The summed E-state index contributed by atoms with van der Waals surface area (Å²) >= 11 is 0. The fourth-order valence-corrected chi connectivity index (χ4v) is 2.35. The van der Waals surface area contributed by atoms with Gasteiger partial charge >= 0.3 is 0 Å². The van der Waals surface area contributed by atoms with Gasteiger partial charge in [0.2, 0.25) is 5.76 Å². The Labute approximate surface area is 122 Å². The third-order valence-corrected chi connectivity index (χ3v) is 3.46. The minimum absolute atomic E-state index is 0.242. The Balaban J connectivity index is 1.82. The molecule has 1 fully saturated rings. The molecule has 6 nitrogen and oxygen atoms in total. The SMILES string of the molecule is Cc1cnoc1C(=O)Nc1ccccc1N1CCOCC1. The molecule has 1 N–H and O–H groups in total. The quantitative estimate of drug-likeness (QED) is 0.936. The molecule has 2 heterocycles. The Morgan fingerprint density at radius 1 is 1.29 bits per heavy atom. The summed E-state index contributed by atoms with van der Waals surface area (Å²) in [6.07, 6.45) is 1.53. The molecule has 1 aromatic carbocycles. The van der Waals surface area contributed by atoms with Gasteiger partial charge in [-0.2, -0.15) is 0 Å². The maximum absolute atomic E-state index is 12.2. The van der Waals surface area contributed by atoms with E-state index in [1.165, 1.54) is 6.20 Å². The molecule has 3 rings (SSSR count). The highest BCUT2D eigenvalue weighted by molar-refractivity contribution is 6.04. The van der Waals surface area contributed by atoms with Crippen LogP contribution in [0.25, 0.3) is 0 Å². The van der Waals surface area contributed by atoms with E-state index in [1.807, 2.05) is 24.3 Å². The van der Waals surface area contributed by atoms with Crippen molar-refractivity contribution in [3.8, 4) is 0 Å². The molecule has 110 valence electrons. The predicted molar refractivity (Wildman–Crippen MR) is 78.7 cm³/mol. The van der Waals surface area contributed by atoms with Gasteiger partial charge in [0.05, 0.1) is 30.8 Å². The third kappa shape index (κ3) is 2.90. The van der Waals surface area contributed by atoms with E-state index in [9.17, 15) is 4.79 Å². The first-order valence-electron chi connectivity index (χ1n) is 6.90. The number of aryl methyl sites for hydroxylation is 1. The van der Waals surface area contributed by atoms with E-state index in [2.05, 4.69) is 15.4 Å². The topological polar surface area (TPSA) is 67.6 Å². The molecular formula is C15H17N3O3. The van der Waals surface area contributed by atoms with Crippen LogP contribution < -0.4 is 10.2 Å². The second-order valence-electron chi connectivity index (χ2n) is 4.91. The summed E-state index contributed by atoms with van der Waals surface area (Å²) in [7, 11) is 0. The summed E-state index contributed by atoms with van der Waals surface area (Å²) < 4.78 is 10.4. The minimum Gasteiger partial charge on any atom is -0.378 e. The average Bonchev–Trinajstić information content (AvgIpc) is 2.95. The number of benzene rings is 1. The van der Waals surface area contributed by atoms with Crippen molar-refractivity contribution in [2.45, 2.75) is 6.92 Å². The van der Waals surface area contributed by atoms with Gasteiger partial charge in [-0.15, -0.1) is 0 Å². The van der Waals surface area contributed by atoms with Gasteiger partial charge in [-0.3, -0.25) is 4.79 Å². The number of hydrogen-bond acceptors (Lipinski definition) is 5. The van der Waals surface area contributed by atoms with Crippen molar-refractivity contribution in [2.24, 2.45) is 0 Å². The van der Waals surface area contributed by atoms with Crippen LogP contribution in [0.15, 0.2) is 35.0 Å². The van der Waals surface area contributed by atoms with Crippen LogP contribution in [-0.2, 0) is 4.74 Å². The number of nitrogens with zero attached hydrogens (tertiary/aromatic N) is 2. The molecular weight excluding hydrogens is 270 g/mol. The van der Waals surface area contributed by atoms with Crippen LogP contribution in [0.1, 0.15) is 16.1 Å². The van der Waals surface area contributed by atoms with Crippen molar-refractivity contribution < 1.29 is 14.1 Å². The van der Waals surface area contributed by atoms with Gasteiger partial charge in [0.25, 0.3) is 5.91 Å². The summed E-state index contributed by atoms with van der Waals surface area (Å²) in [5, 5.41) is 6.53. The molecule has 0 bridgehead atoms. The molecule has 6 heteroatoms. The number of carbonyl (C=O) groups excluding carboxylic acids is 1.